The maximum atomic E-state index is 15.0. The monoisotopic (exact) mass is 474 g/mol. The number of hydrogen-bond donors (Lipinski definition) is 0. The average molecular weight is 475 g/mol. The Balaban J connectivity index is 1.45. The number of aryl methyl sites for hydroxylation is 2. The van der Waals surface area contributed by atoms with E-state index >= 15 is 0 Å². The summed E-state index contributed by atoms with van der Waals surface area (Å²) < 4.78 is 49.9. The van der Waals surface area contributed by atoms with Crippen LogP contribution in [0, 0.1) is 17.5 Å². The Kier molecular flexibility index (Phi) is 7.91. The molecule has 0 aliphatic carbocycles. The fraction of sp³-hybridized carbons (Fsp3) is 0.226. The van der Waals surface area contributed by atoms with E-state index in [1.807, 2.05) is 43.3 Å². The molecule has 180 valence electrons. The van der Waals surface area contributed by atoms with Crippen molar-refractivity contribution in [3.63, 3.8) is 0 Å². The molecule has 0 aromatic heterocycles. The molecule has 0 saturated heterocycles. The first-order valence-electron chi connectivity index (χ1n) is 12.1. The van der Waals surface area contributed by atoms with Crippen molar-refractivity contribution < 1.29 is 17.9 Å². The van der Waals surface area contributed by atoms with Crippen molar-refractivity contribution in [2.24, 2.45) is 0 Å². The maximum absolute atomic E-state index is 15.0. The van der Waals surface area contributed by atoms with E-state index in [0.717, 1.165) is 42.4 Å². The molecule has 0 heterocycles. The number of halogens is 3. The summed E-state index contributed by atoms with van der Waals surface area (Å²) in [6, 6.07) is 22.7. The Morgan fingerprint density at radius 2 is 1.23 bits per heavy atom. The molecule has 0 aliphatic rings. The first-order chi connectivity index (χ1) is 17.0. The highest BCUT2D eigenvalue weighted by atomic mass is 19.2. The molecular weight excluding hydrogens is 445 g/mol. The molecule has 0 unspecified atom stereocenters. The molecule has 4 aromatic rings. The van der Waals surface area contributed by atoms with E-state index in [1.54, 1.807) is 36.4 Å². The van der Waals surface area contributed by atoms with Gasteiger partial charge in [-0.15, -0.1) is 0 Å². The molecule has 1 nitrogen and oxygen atoms in total. The molecule has 0 N–H and O–H groups in total. The summed E-state index contributed by atoms with van der Waals surface area (Å²) in [4.78, 5) is 0. The molecule has 4 rings (SSSR count). The molecule has 4 heteroatoms. The van der Waals surface area contributed by atoms with E-state index in [0.29, 0.717) is 16.9 Å². The highest BCUT2D eigenvalue weighted by Crippen LogP contribution is 2.32. The second kappa shape index (κ2) is 11.3. The summed E-state index contributed by atoms with van der Waals surface area (Å²) in [6.07, 6.45) is 3.60. The molecular formula is C31H29F3O. The van der Waals surface area contributed by atoms with Gasteiger partial charge in [0.15, 0.2) is 11.6 Å². The molecule has 0 amide bonds. The molecule has 0 atom stereocenters. The number of hydrogen-bond acceptors (Lipinski definition) is 1. The van der Waals surface area contributed by atoms with Gasteiger partial charge in [-0.05, 0) is 65.3 Å². The normalized spacial score (nSPS) is 11.0. The first-order valence-corrected chi connectivity index (χ1v) is 12.1. The van der Waals surface area contributed by atoms with Gasteiger partial charge in [-0.3, -0.25) is 0 Å². The van der Waals surface area contributed by atoms with E-state index < -0.39 is 11.6 Å². The van der Waals surface area contributed by atoms with Gasteiger partial charge >= 0.3 is 0 Å². The van der Waals surface area contributed by atoms with Crippen LogP contribution in [0.5, 0.6) is 5.75 Å². The summed E-state index contributed by atoms with van der Waals surface area (Å²) in [5, 5.41) is 0. The number of benzene rings is 4. The van der Waals surface area contributed by atoms with E-state index in [-0.39, 0.29) is 23.6 Å². The van der Waals surface area contributed by atoms with E-state index in [2.05, 4.69) is 6.92 Å². The van der Waals surface area contributed by atoms with E-state index in [9.17, 15) is 13.2 Å². The van der Waals surface area contributed by atoms with Crippen LogP contribution in [0.2, 0.25) is 0 Å². The van der Waals surface area contributed by atoms with Crippen LogP contribution in [0.15, 0.2) is 78.9 Å². The zero-order valence-corrected chi connectivity index (χ0v) is 20.1. The topological polar surface area (TPSA) is 9.23 Å². The highest BCUT2D eigenvalue weighted by Gasteiger charge is 2.16. The SMILES string of the molecule is CCCCc1ccc(COc2ccc(-c3ccc(-c4ccc(CC)cc4)c(F)c3F)cc2)cc1F. The Labute approximate surface area is 205 Å². The molecule has 35 heavy (non-hydrogen) atoms. The van der Waals surface area contributed by atoms with Crippen LogP contribution >= 0.6 is 0 Å². The molecule has 0 saturated carbocycles. The van der Waals surface area contributed by atoms with Crippen LogP contribution < -0.4 is 4.74 Å². The van der Waals surface area contributed by atoms with Gasteiger partial charge in [0, 0.05) is 11.1 Å². The van der Waals surface area contributed by atoms with Crippen molar-refractivity contribution in [2.45, 2.75) is 46.1 Å². The molecule has 4 aromatic carbocycles. The standard InChI is InChI=1S/C31H29F3O/c1-3-5-6-25-12-9-22(19-29(25)32)20-35-26-15-13-24(14-16-26)28-18-17-27(30(33)31(28)34)23-10-7-21(4-2)8-11-23/h7-19H,3-6,20H2,1-2H3. The Bertz CT molecular complexity index is 1280. The quantitative estimate of drug-likeness (QED) is 0.235. The molecule has 0 radical (unpaired) electrons. The largest absolute Gasteiger partial charge is 0.489 e. The third kappa shape index (κ3) is 5.76. The lowest BCUT2D eigenvalue weighted by Crippen LogP contribution is -1.99. The third-order valence-corrected chi connectivity index (χ3v) is 6.24. The van der Waals surface area contributed by atoms with Crippen molar-refractivity contribution >= 4 is 0 Å². The van der Waals surface area contributed by atoms with Crippen LogP contribution in [-0.2, 0) is 19.4 Å². The number of rotatable bonds is 9. The summed E-state index contributed by atoms with van der Waals surface area (Å²) in [6.45, 7) is 4.35. The van der Waals surface area contributed by atoms with Crippen molar-refractivity contribution in [3.05, 3.63) is 113 Å². The summed E-state index contributed by atoms with van der Waals surface area (Å²) in [5.41, 5.74) is 4.22. The Morgan fingerprint density at radius 1 is 0.657 bits per heavy atom. The maximum Gasteiger partial charge on any atom is 0.167 e. The Hall–Kier alpha value is -3.53. The molecule has 0 aliphatic heterocycles. The van der Waals surface area contributed by atoms with Crippen molar-refractivity contribution in [1.82, 2.24) is 0 Å². The zero-order chi connectivity index (χ0) is 24.8. The van der Waals surface area contributed by atoms with Gasteiger partial charge in [-0.1, -0.05) is 80.9 Å². The van der Waals surface area contributed by atoms with Crippen molar-refractivity contribution in [2.75, 3.05) is 0 Å². The minimum absolute atomic E-state index is 0.188. The second-order valence-electron chi connectivity index (χ2n) is 8.68. The number of unbranched alkanes of at least 4 members (excludes halogenated alkanes) is 1. The Morgan fingerprint density at radius 3 is 1.77 bits per heavy atom. The third-order valence-electron chi connectivity index (χ3n) is 6.24. The minimum atomic E-state index is -0.880. The van der Waals surface area contributed by atoms with Crippen LogP contribution in [0.25, 0.3) is 22.3 Å². The lowest BCUT2D eigenvalue weighted by molar-refractivity contribution is 0.305. The van der Waals surface area contributed by atoms with Crippen molar-refractivity contribution in [3.8, 4) is 28.0 Å². The van der Waals surface area contributed by atoms with E-state index in [1.165, 1.54) is 6.07 Å². The van der Waals surface area contributed by atoms with Gasteiger partial charge in [0.2, 0.25) is 0 Å². The molecule has 0 fully saturated rings. The van der Waals surface area contributed by atoms with Crippen molar-refractivity contribution in [1.29, 1.82) is 0 Å². The molecule has 0 bridgehead atoms. The van der Waals surface area contributed by atoms with Gasteiger partial charge in [-0.2, -0.15) is 0 Å². The van der Waals surface area contributed by atoms with Gasteiger partial charge in [0.1, 0.15) is 18.2 Å². The first kappa shape index (κ1) is 24.6. The summed E-state index contributed by atoms with van der Waals surface area (Å²) in [5.74, 6) is -1.39. The smallest absolute Gasteiger partial charge is 0.167 e. The minimum Gasteiger partial charge on any atom is -0.489 e. The van der Waals surface area contributed by atoms with Gasteiger partial charge in [0.25, 0.3) is 0 Å². The van der Waals surface area contributed by atoms with Gasteiger partial charge < -0.3 is 4.74 Å². The molecule has 0 spiro atoms. The zero-order valence-electron chi connectivity index (χ0n) is 20.1. The van der Waals surface area contributed by atoms with E-state index in [4.69, 9.17) is 4.74 Å². The number of ether oxygens (including phenoxy) is 1. The predicted octanol–water partition coefficient (Wildman–Crippen LogP) is 8.92. The summed E-state index contributed by atoms with van der Waals surface area (Å²) >= 11 is 0. The average Bonchev–Trinajstić information content (AvgIpc) is 2.89. The van der Waals surface area contributed by atoms with Crippen LogP contribution in [0.4, 0.5) is 13.2 Å². The highest BCUT2D eigenvalue weighted by molar-refractivity contribution is 5.72. The second-order valence-corrected chi connectivity index (χ2v) is 8.68. The van der Waals surface area contributed by atoms with Crippen LogP contribution in [0.3, 0.4) is 0 Å². The fourth-order valence-electron chi connectivity index (χ4n) is 4.06. The van der Waals surface area contributed by atoms with Crippen LogP contribution in [0.1, 0.15) is 43.4 Å². The van der Waals surface area contributed by atoms with Crippen LogP contribution in [-0.4, -0.2) is 0 Å². The van der Waals surface area contributed by atoms with Gasteiger partial charge in [0.05, 0.1) is 0 Å². The lowest BCUT2D eigenvalue weighted by atomic mass is 9.98. The lowest BCUT2D eigenvalue weighted by Gasteiger charge is -2.11. The predicted molar refractivity (Wildman–Crippen MR) is 136 cm³/mol. The van der Waals surface area contributed by atoms with Gasteiger partial charge in [-0.25, -0.2) is 13.2 Å². The summed E-state index contributed by atoms with van der Waals surface area (Å²) in [7, 11) is 0. The fourth-order valence-corrected chi connectivity index (χ4v) is 4.06.